The summed E-state index contributed by atoms with van der Waals surface area (Å²) in [6.07, 6.45) is 6.87. The molecule has 86 valence electrons. The Balaban J connectivity index is 0. The second-order valence-corrected chi connectivity index (χ2v) is 2.64. The van der Waals surface area contributed by atoms with Gasteiger partial charge in [-0.3, -0.25) is 4.99 Å². The highest BCUT2D eigenvalue weighted by Crippen LogP contribution is 2.21. The topological polar surface area (TPSA) is 12.4 Å². The summed E-state index contributed by atoms with van der Waals surface area (Å²) in [6, 6.07) is 0. The van der Waals surface area contributed by atoms with E-state index in [-0.39, 0.29) is 0 Å². The van der Waals surface area contributed by atoms with Crippen molar-refractivity contribution < 1.29 is 0 Å². The number of nitrogens with zero attached hydrogens (tertiary/aromatic N) is 1. The molecular formula is C14H25N. The van der Waals surface area contributed by atoms with E-state index in [1.165, 1.54) is 11.3 Å². The van der Waals surface area contributed by atoms with Gasteiger partial charge in [-0.25, -0.2) is 0 Å². The van der Waals surface area contributed by atoms with Crippen molar-refractivity contribution in [1.82, 2.24) is 0 Å². The third kappa shape index (κ3) is 6.05. The van der Waals surface area contributed by atoms with Crippen molar-refractivity contribution in [2.24, 2.45) is 4.99 Å². The van der Waals surface area contributed by atoms with E-state index in [2.05, 4.69) is 11.6 Å². The molecule has 0 aromatic carbocycles. The van der Waals surface area contributed by atoms with Crippen LogP contribution in [0.1, 0.15) is 48.0 Å². The molecule has 0 spiro atoms. The maximum atomic E-state index is 4.37. The summed E-state index contributed by atoms with van der Waals surface area (Å²) in [5, 5.41) is 0. The van der Waals surface area contributed by atoms with Gasteiger partial charge in [-0.15, -0.1) is 0 Å². The Kier molecular flexibility index (Phi) is 11.9. The first-order valence-electron chi connectivity index (χ1n) is 5.80. The van der Waals surface area contributed by atoms with Gasteiger partial charge < -0.3 is 0 Å². The zero-order chi connectivity index (χ0) is 12.3. The minimum Gasteiger partial charge on any atom is -0.258 e. The Hall–Kier alpha value is -1.11. The lowest BCUT2D eigenvalue weighted by atomic mass is 10.1. The smallest absolute Gasteiger partial charge is 0.0661 e. The molecule has 0 atom stereocenters. The van der Waals surface area contributed by atoms with Crippen molar-refractivity contribution in [2.45, 2.75) is 48.0 Å². The molecule has 0 unspecified atom stereocenters. The number of allylic oxidation sites excluding steroid dienone is 4. The summed E-state index contributed by atoms with van der Waals surface area (Å²) >= 11 is 0. The van der Waals surface area contributed by atoms with E-state index in [1.54, 1.807) is 0 Å². The Labute approximate surface area is 95.3 Å². The standard InChI is InChI=1S/C10H13N.2C2H6/c1-4-6-10-9(5-2)7-8(3)11-10;2*1-2/h4-6H,2,7H2,1,3H3;2*1-2H3/b6-4-;;. The van der Waals surface area contributed by atoms with Crippen molar-refractivity contribution in [3.8, 4) is 0 Å². The van der Waals surface area contributed by atoms with Crippen LogP contribution < -0.4 is 0 Å². The molecule has 0 aliphatic carbocycles. The zero-order valence-electron chi connectivity index (χ0n) is 11.1. The van der Waals surface area contributed by atoms with E-state index in [9.17, 15) is 0 Å². The van der Waals surface area contributed by atoms with Gasteiger partial charge in [0.2, 0.25) is 0 Å². The van der Waals surface area contributed by atoms with Crippen LogP contribution in [-0.2, 0) is 0 Å². The quantitative estimate of drug-likeness (QED) is 0.609. The normalized spacial score (nSPS) is 13.9. The molecule has 15 heavy (non-hydrogen) atoms. The summed E-state index contributed by atoms with van der Waals surface area (Å²) < 4.78 is 0. The van der Waals surface area contributed by atoms with Gasteiger partial charge in [0.25, 0.3) is 0 Å². The highest BCUT2D eigenvalue weighted by molar-refractivity contribution is 5.89. The molecule has 0 radical (unpaired) electrons. The highest BCUT2D eigenvalue weighted by Gasteiger charge is 2.08. The van der Waals surface area contributed by atoms with Crippen LogP contribution in [0.15, 0.2) is 41.1 Å². The van der Waals surface area contributed by atoms with Crippen LogP contribution in [0.25, 0.3) is 0 Å². The molecule has 0 aromatic heterocycles. The van der Waals surface area contributed by atoms with E-state index in [0.717, 1.165) is 12.1 Å². The molecule has 0 bridgehead atoms. The summed E-state index contributed by atoms with van der Waals surface area (Å²) in [5.74, 6) is 0. The van der Waals surface area contributed by atoms with Gasteiger partial charge >= 0.3 is 0 Å². The fourth-order valence-electron chi connectivity index (χ4n) is 1.16. The first kappa shape index (κ1) is 16.3. The molecule has 1 nitrogen and oxygen atoms in total. The lowest BCUT2D eigenvalue weighted by Crippen LogP contribution is -1.83. The van der Waals surface area contributed by atoms with E-state index < -0.39 is 0 Å². The van der Waals surface area contributed by atoms with Gasteiger partial charge in [0.15, 0.2) is 0 Å². The van der Waals surface area contributed by atoms with Crippen LogP contribution in [-0.4, -0.2) is 5.71 Å². The van der Waals surface area contributed by atoms with E-state index in [1.807, 2.05) is 59.8 Å². The lowest BCUT2D eigenvalue weighted by molar-refractivity contribution is 1.35. The number of rotatable bonds is 2. The Morgan fingerprint density at radius 3 is 2.13 bits per heavy atom. The molecule has 0 amide bonds. The zero-order valence-corrected chi connectivity index (χ0v) is 11.1. The van der Waals surface area contributed by atoms with Gasteiger partial charge in [0.1, 0.15) is 0 Å². The predicted octanol–water partition coefficient (Wildman–Crippen LogP) is 4.92. The van der Waals surface area contributed by atoms with Gasteiger partial charge in [0, 0.05) is 12.1 Å². The molecule has 0 saturated carbocycles. The summed E-state index contributed by atoms with van der Waals surface area (Å²) in [4.78, 5) is 4.37. The van der Waals surface area contributed by atoms with Crippen LogP contribution in [0.2, 0.25) is 0 Å². The van der Waals surface area contributed by atoms with Crippen molar-refractivity contribution >= 4 is 5.71 Å². The molecule has 1 rings (SSSR count). The molecule has 0 N–H and O–H groups in total. The van der Waals surface area contributed by atoms with Crippen molar-refractivity contribution in [3.05, 3.63) is 36.1 Å². The molecule has 1 aliphatic rings. The van der Waals surface area contributed by atoms with E-state index in [0.29, 0.717) is 0 Å². The minimum absolute atomic E-state index is 0.961. The predicted molar refractivity (Wildman–Crippen MR) is 72.5 cm³/mol. The fraction of sp³-hybridized carbons (Fsp3) is 0.500. The number of hydrogen-bond donors (Lipinski definition) is 0. The molecule has 0 aromatic rings. The van der Waals surface area contributed by atoms with E-state index in [4.69, 9.17) is 0 Å². The van der Waals surface area contributed by atoms with Gasteiger partial charge in [-0.05, 0) is 25.5 Å². The summed E-state index contributed by atoms with van der Waals surface area (Å²) in [6.45, 7) is 15.8. The van der Waals surface area contributed by atoms with Crippen molar-refractivity contribution in [1.29, 1.82) is 0 Å². The largest absolute Gasteiger partial charge is 0.258 e. The van der Waals surface area contributed by atoms with Crippen molar-refractivity contribution in [2.75, 3.05) is 0 Å². The Morgan fingerprint density at radius 1 is 1.20 bits per heavy atom. The lowest BCUT2D eigenvalue weighted by Gasteiger charge is -1.91. The third-order valence-corrected chi connectivity index (χ3v) is 1.66. The van der Waals surface area contributed by atoms with E-state index >= 15 is 0 Å². The molecule has 1 heterocycles. The van der Waals surface area contributed by atoms with Crippen LogP contribution in [0.5, 0.6) is 0 Å². The molecular weight excluding hydrogens is 182 g/mol. The number of hydrogen-bond acceptors (Lipinski definition) is 1. The molecule has 1 heteroatoms. The monoisotopic (exact) mass is 207 g/mol. The van der Waals surface area contributed by atoms with Crippen LogP contribution >= 0.6 is 0 Å². The summed E-state index contributed by atoms with van der Waals surface area (Å²) in [7, 11) is 0. The highest BCUT2D eigenvalue weighted by atomic mass is 14.8. The maximum absolute atomic E-state index is 4.37. The molecule has 0 saturated heterocycles. The first-order chi connectivity index (χ1) is 7.27. The molecule has 1 aliphatic heterocycles. The van der Waals surface area contributed by atoms with Crippen molar-refractivity contribution in [3.63, 3.8) is 0 Å². The number of aliphatic imine (C=N–C) groups is 1. The molecule has 0 fully saturated rings. The van der Waals surface area contributed by atoms with Crippen LogP contribution in [0.4, 0.5) is 0 Å². The van der Waals surface area contributed by atoms with Crippen LogP contribution in [0, 0.1) is 0 Å². The first-order valence-corrected chi connectivity index (χ1v) is 5.80. The Bertz CT molecular complexity index is 255. The second kappa shape index (κ2) is 11.0. The fourth-order valence-corrected chi connectivity index (χ4v) is 1.16. The van der Waals surface area contributed by atoms with Crippen LogP contribution in [0.3, 0.4) is 0 Å². The minimum atomic E-state index is 0.961. The average Bonchev–Trinajstić information content (AvgIpc) is 2.65. The Morgan fingerprint density at radius 2 is 1.73 bits per heavy atom. The summed E-state index contributed by atoms with van der Waals surface area (Å²) in [5.41, 5.74) is 3.48. The van der Waals surface area contributed by atoms with Gasteiger partial charge in [-0.1, -0.05) is 46.4 Å². The van der Waals surface area contributed by atoms with Gasteiger partial charge in [0.05, 0.1) is 5.70 Å². The SMILES string of the molecule is C=CC1=C(/C=C\C)N=C(C)C1.CC.CC. The van der Waals surface area contributed by atoms with Gasteiger partial charge in [-0.2, -0.15) is 0 Å². The average molecular weight is 207 g/mol. The maximum Gasteiger partial charge on any atom is 0.0661 e. The third-order valence-electron chi connectivity index (χ3n) is 1.66. The second-order valence-electron chi connectivity index (χ2n) is 2.64.